The van der Waals surface area contributed by atoms with E-state index in [2.05, 4.69) is 111 Å². The van der Waals surface area contributed by atoms with Gasteiger partial charge in [0.15, 0.2) is 0 Å². The normalized spacial score (nSPS) is 15.1. The first-order chi connectivity index (χ1) is 15.3. The highest BCUT2D eigenvalue weighted by Gasteiger charge is 2.38. The molecule has 0 amide bonds. The molecule has 0 fully saturated rings. The topological polar surface area (TPSA) is 32.7 Å². The Labute approximate surface area is 197 Å². The average molecular weight is 452 g/mol. The van der Waals surface area contributed by atoms with Crippen LogP contribution in [-0.4, -0.2) is 22.3 Å². The van der Waals surface area contributed by atoms with Crippen LogP contribution >= 0.6 is 11.3 Å². The van der Waals surface area contributed by atoms with Crippen LogP contribution in [0.15, 0.2) is 77.5 Å². The Morgan fingerprint density at radius 1 is 0.875 bits per heavy atom. The first-order valence-electron chi connectivity index (χ1n) is 11.5. The predicted octanol–water partition coefficient (Wildman–Crippen LogP) is 7.38. The molecule has 4 heteroatoms. The number of hydrogen-bond acceptors (Lipinski definition) is 4. The summed E-state index contributed by atoms with van der Waals surface area (Å²) in [5, 5.41) is 16.7. The fraction of sp³-hybridized carbons (Fsp3) is 0.429. The number of benzene rings is 2. The summed E-state index contributed by atoms with van der Waals surface area (Å²) in [5.74, 6) is 0.650. The minimum Gasteiger partial charge on any atom is -0.394 e. The molecule has 32 heavy (non-hydrogen) atoms. The van der Waals surface area contributed by atoms with E-state index in [1.807, 2.05) is 6.07 Å². The van der Waals surface area contributed by atoms with Crippen molar-refractivity contribution in [3.05, 3.63) is 94.2 Å². The van der Waals surface area contributed by atoms with Crippen LogP contribution in [0.4, 0.5) is 0 Å². The number of hydrogen-bond donors (Lipinski definition) is 1. The molecule has 2 aromatic carbocycles. The van der Waals surface area contributed by atoms with Crippen LogP contribution in [0.5, 0.6) is 0 Å². The van der Waals surface area contributed by atoms with Gasteiger partial charge in [-0.15, -0.1) is 0 Å². The third kappa shape index (κ3) is 6.08. The molecule has 0 aliphatic rings. The number of thiophene rings is 1. The second-order valence-corrected chi connectivity index (χ2v) is 10.4. The van der Waals surface area contributed by atoms with Crippen molar-refractivity contribution in [2.75, 3.05) is 6.61 Å². The largest absolute Gasteiger partial charge is 0.394 e. The Bertz CT molecular complexity index is 909. The minimum absolute atomic E-state index is 0.0100. The van der Waals surface area contributed by atoms with E-state index in [-0.39, 0.29) is 18.8 Å². The van der Waals surface area contributed by atoms with Crippen LogP contribution in [0, 0.1) is 5.92 Å². The molecular weight excluding hydrogens is 414 g/mol. The molecule has 172 valence electrons. The fourth-order valence-electron chi connectivity index (χ4n) is 4.17. The highest BCUT2D eigenvalue weighted by molar-refractivity contribution is 7.07. The lowest BCUT2D eigenvalue weighted by Gasteiger charge is -2.45. The van der Waals surface area contributed by atoms with Crippen molar-refractivity contribution >= 4 is 11.3 Å². The van der Waals surface area contributed by atoms with Gasteiger partial charge in [-0.25, -0.2) is 0 Å². The van der Waals surface area contributed by atoms with Gasteiger partial charge in [-0.3, -0.25) is 4.84 Å². The van der Waals surface area contributed by atoms with E-state index in [4.69, 9.17) is 4.84 Å². The van der Waals surface area contributed by atoms with Crippen LogP contribution in [0.1, 0.15) is 75.8 Å². The number of aliphatic hydroxyl groups excluding tert-OH is 1. The number of rotatable bonds is 11. The van der Waals surface area contributed by atoms with E-state index < -0.39 is 5.54 Å². The van der Waals surface area contributed by atoms with Crippen LogP contribution in [-0.2, 0) is 4.84 Å². The second kappa shape index (κ2) is 11.2. The standard InChI is InChI=1S/C28H37NO2S/c1-21(2)27(25-16-17-32-19-25)29(28(4,5)20-30)31-26(24-14-10-7-11-15-24)18-22(3)23-12-8-6-9-13-23/h6-17,19,21-22,26-27,30H,18,20H2,1-5H3. The maximum Gasteiger partial charge on any atom is 0.105 e. The quantitative estimate of drug-likeness (QED) is 0.309. The van der Waals surface area contributed by atoms with Gasteiger partial charge in [-0.05, 0) is 65.6 Å². The number of hydroxylamine groups is 2. The molecule has 0 aliphatic carbocycles. The van der Waals surface area contributed by atoms with E-state index in [1.165, 1.54) is 11.1 Å². The highest BCUT2D eigenvalue weighted by Crippen LogP contribution is 2.40. The van der Waals surface area contributed by atoms with Gasteiger partial charge in [0.25, 0.3) is 0 Å². The molecule has 1 aromatic heterocycles. The molecule has 3 rings (SSSR count). The minimum atomic E-state index is -0.542. The summed E-state index contributed by atoms with van der Waals surface area (Å²) in [6.07, 6.45) is 0.720. The number of aliphatic hydroxyl groups is 1. The van der Waals surface area contributed by atoms with Crippen molar-refractivity contribution in [2.24, 2.45) is 5.92 Å². The molecular formula is C28H37NO2S. The van der Waals surface area contributed by atoms with E-state index in [9.17, 15) is 5.11 Å². The Morgan fingerprint density at radius 3 is 1.97 bits per heavy atom. The van der Waals surface area contributed by atoms with Gasteiger partial charge in [0.2, 0.25) is 0 Å². The van der Waals surface area contributed by atoms with Gasteiger partial charge in [0.1, 0.15) is 6.10 Å². The molecule has 0 radical (unpaired) electrons. The first-order valence-corrected chi connectivity index (χ1v) is 12.5. The zero-order valence-electron chi connectivity index (χ0n) is 19.9. The van der Waals surface area contributed by atoms with Crippen molar-refractivity contribution in [3.8, 4) is 0 Å². The SMILES string of the molecule is CC(CC(ON(C(c1ccsc1)C(C)C)C(C)(C)CO)c1ccccc1)c1ccccc1. The molecule has 0 aliphatic heterocycles. The van der Waals surface area contributed by atoms with Crippen molar-refractivity contribution in [2.45, 2.75) is 64.6 Å². The number of nitrogens with zero attached hydrogens (tertiary/aromatic N) is 1. The van der Waals surface area contributed by atoms with Gasteiger partial charge < -0.3 is 5.11 Å². The molecule has 1 heterocycles. The molecule has 3 unspecified atom stereocenters. The first kappa shape index (κ1) is 24.7. The summed E-state index contributed by atoms with van der Waals surface area (Å²) in [5.41, 5.74) is 3.15. The van der Waals surface area contributed by atoms with E-state index in [0.29, 0.717) is 11.8 Å². The smallest absolute Gasteiger partial charge is 0.105 e. The molecule has 1 N–H and O–H groups in total. The van der Waals surface area contributed by atoms with Crippen LogP contribution < -0.4 is 0 Å². The van der Waals surface area contributed by atoms with Gasteiger partial charge in [-0.1, -0.05) is 81.4 Å². The Balaban J connectivity index is 1.97. The molecule has 0 bridgehead atoms. The van der Waals surface area contributed by atoms with E-state index in [0.717, 1.165) is 12.0 Å². The summed E-state index contributed by atoms with van der Waals surface area (Å²) in [6.45, 7) is 10.8. The predicted molar refractivity (Wildman–Crippen MR) is 135 cm³/mol. The van der Waals surface area contributed by atoms with Crippen LogP contribution in [0.25, 0.3) is 0 Å². The third-order valence-corrected chi connectivity index (χ3v) is 6.80. The molecule has 3 nitrogen and oxygen atoms in total. The van der Waals surface area contributed by atoms with Gasteiger partial charge in [0.05, 0.1) is 18.2 Å². The Kier molecular flexibility index (Phi) is 8.66. The molecule has 3 atom stereocenters. The molecule has 0 saturated heterocycles. The Morgan fingerprint density at radius 2 is 1.47 bits per heavy atom. The summed E-state index contributed by atoms with van der Waals surface area (Å²) in [7, 11) is 0. The lowest BCUT2D eigenvalue weighted by atomic mass is 9.91. The Hall–Kier alpha value is -1.98. The second-order valence-electron chi connectivity index (χ2n) is 9.59. The monoisotopic (exact) mass is 451 g/mol. The average Bonchev–Trinajstić information content (AvgIpc) is 3.33. The lowest BCUT2D eigenvalue weighted by Crippen LogP contribution is -2.50. The van der Waals surface area contributed by atoms with Gasteiger partial charge in [0, 0.05) is 0 Å². The summed E-state index contributed by atoms with van der Waals surface area (Å²) < 4.78 is 0. The maximum absolute atomic E-state index is 10.3. The maximum atomic E-state index is 10.3. The van der Waals surface area contributed by atoms with Gasteiger partial charge in [-0.2, -0.15) is 16.4 Å². The zero-order chi connectivity index (χ0) is 23.1. The zero-order valence-corrected chi connectivity index (χ0v) is 20.8. The molecule has 3 aromatic rings. The van der Waals surface area contributed by atoms with Crippen LogP contribution in [0.3, 0.4) is 0 Å². The van der Waals surface area contributed by atoms with Crippen molar-refractivity contribution in [1.82, 2.24) is 5.06 Å². The summed E-state index contributed by atoms with van der Waals surface area (Å²) >= 11 is 1.70. The highest BCUT2D eigenvalue weighted by atomic mass is 32.1. The van der Waals surface area contributed by atoms with Crippen LogP contribution in [0.2, 0.25) is 0 Å². The van der Waals surface area contributed by atoms with Crippen molar-refractivity contribution < 1.29 is 9.94 Å². The van der Waals surface area contributed by atoms with E-state index in [1.54, 1.807) is 11.3 Å². The molecule has 0 spiro atoms. The third-order valence-electron chi connectivity index (χ3n) is 6.10. The van der Waals surface area contributed by atoms with Gasteiger partial charge >= 0.3 is 0 Å². The lowest BCUT2D eigenvalue weighted by molar-refractivity contribution is -0.287. The van der Waals surface area contributed by atoms with E-state index >= 15 is 0 Å². The summed E-state index contributed by atoms with van der Waals surface area (Å²) in [6, 6.07) is 23.3. The fourth-order valence-corrected chi connectivity index (χ4v) is 4.86. The molecule has 0 saturated carbocycles. The van der Waals surface area contributed by atoms with Crippen molar-refractivity contribution in [1.29, 1.82) is 0 Å². The van der Waals surface area contributed by atoms with Crippen molar-refractivity contribution in [3.63, 3.8) is 0 Å². The summed E-state index contributed by atoms with van der Waals surface area (Å²) in [4.78, 5) is 6.91.